The number of halogens is 6. The average Bonchev–Trinajstić information content (AvgIpc) is 2.52. The topological polar surface area (TPSA) is 3.24 Å². The van der Waals surface area contributed by atoms with E-state index >= 15 is 0 Å². The number of hydrogen-bond acceptors (Lipinski definition) is 1. The first-order valence-corrected chi connectivity index (χ1v) is 6.98. The molecule has 0 amide bonds. The van der Waals surface area contributed by atoms with Gasteiger partial charge in [-0.2, -0.15) is 26.3 Å². The minimum atomic E-state index is -4.56. The molecule has 126 valence electrons. The van der Waals surface area contributed by atoms with Crippen LogP contribution in [0.3, 0.4) is 0 Å². The summed E-state index contributed by atoms with van der Waals surface area (Å²) in [7, 11) is 0. The van der Waals surface area contributed by atoms with Crippen molar-refractivity contribution in [3.05, 3.63) is 65.7 Å². The van der Waals surface area contributed by atoms with Gasteiger partial charge in [0.2, 0.25) is 0 Å². The van der Waals surface area contributed by atoms with Crippen LogP contribution in [0.4, 0.5) is 37.7 Å². The highest BCUT2D eigenvalue weighted by Gasteiger charge is 2.44. The standard InChI is InChI=1S/C17H11F6N/c18-16(19,20)12-6-8-13(9-7-12)24-14-4-2-1-3-11(14)5-10-15(24)17(21,22)23/h1-10,15H. The lowest BCUT2D eigenvalue weighted by atomic mass is 10.0. The van der Waals surface area contributed by atoms with E-state index in [1.54, 1.807) is 18.2 Å². The zero-order chi connectivity index (χ0) is 17.5. The van der Waals surface area contributed by atoms with Crippen LogP contribution >= 0.6 is 0 Å². The Bertz CT molecular complexity index is 758. The molecule has 0 saturated heterocycles. The van der Waals surface area contributed by atoms with Crippen molar-refractivity contribution < 1.29 is 26.3 Å². The van der Waals surface area contributed by atoms with Gasteiger partial charge in [0, 0.05) is 11.4 Å². The number of nitrogens with zero attached hydrogens (tertiary/aromatic N) is 1. The van der Waals surface area contributed by atoms with Gasteiger partial charge in [0.05, 0.1) is 5.56 Å². The monoisotopic (exact) mass is 343 g/mol. The first-order valence-electron chi connectivity index (χ1n) is 6.98. The third-order valence-corrected chi connectivity index (χ3v) is 3.74. The zero-order valence-electron chi connectivity index (χ0n) is 12.1. The Morgan fingerprint density at radius 2 is 1.42 bits per heavy atom. The van der Waals surface area contributed by atoms with Gasteiger partial charge in [-0.3, -0.25) is 0 Å². The van der Waals surface area contributed by atoms with Gasteiger partial charge < -0.3 is 4.90 Å². The molecule has 1 unspecified atom stereocenters. The SMILES string of the molecule is FC(F)(F)c1ccc(N2c3ccccc3C=CC2C(F)(F)F)cc1. The quantitative estimate of drug-likeness (QED) is 0.592. The molecular weight excluding hydrogens is 332 g/mol. The lowest BCUT2D eigenvalue weighted by Gasteiger charge is -2.36. The van der Waals surface area contributed by atoms with Gasteiger partial charge in [0.1, 0.15) is 6.04 Å². The van der Waals surface area contributed by atoms with Crippen LogP contribution in [0, 0.1) is 0 Å². The van der Waals surface area contributed by atoms with Crippen LogP contribution in [0.15, 0.2) is 54.6 Å². The van der Waals surface area contributed by atoms with Crippen molar-refractivity contribution in [1.82, 2.24) is 0 Å². The highest BCUT2D eigenvalue weighted by atomic mass is 19.4. The Morgan fingerprint density at radius 3 is 2.00 bits per heavy atom. The van der Waals surface area contributed by atoms with E-state index in [2.05, 4.69) is 0 Å². The molecule has 0 aliphatic carbocycles. The smallest absolute Gasteiger partial charge is 0.325 e. The number of rotatable bonds is 1. The van der Waals surface area contributed by atoms with E-state index in [1.165, 1.54) is 12.1 Å². The Morgan fingerprint density at radius 1 is 0.792 bits per heavy atom. The summed E-state index contributed by atoms with van der Waals surface area (Å²) in [6.07, 6.45) is -6.73. The molecule has 1 aliphatic heterocycles. The molecule has 0 N–H and O–H groups in total. The highest BCUT2D eigenvalue weighted by Crippen LogP contribution is 2.41. The second-order valence-electron chi connectivity index (χ2n) is 5.32. The number of anilines is 2. The maximum Gasteiger partial charge on any atom is 0.416 e. The van der Waals surface area contributed by atoms with E-state index in [9.17, 15) is 26.3 Å². The Kier molecular flexibility index (Phi) is 3.81. The molecule has 1 nitrogen and oxygen atoms in total. The highest BCUT2D eigenvalue weighted by molar-refractivity contribution is 5.79. The largest absolute Gasteiger partial charge is 0.416 e. The Hall–Kier alpha value is -2.44. The second-order valence-corrected chi connectivity index (χ2v) is 5.32. The molecule has 1 atom stereocenters. The Balaban J connectivity index is 2.09. The number of fused-ring (bicyclic) bond motifs is 1. The van der Waals surface area contributed by atoms with Crippen molar-refractivity contribution in [2.75, 3.05) is 4.90 Å². The van der Waals surface area contributed by atoms with Crippen molar-refractivity contribution in [1.29, 1.82) is 0 Å². The van der Waals surface area contributed by atoms with E-state index in [0.717, 1.165) is 35.2 Å². The predicted molar refractivity (Wildman–Crippen MR) is 78.9 cm³/mol. The molecule has 0 spiro atoms. The summed E-state index contributed by atoms with van der Waals surface area (Å²) in [4.78, 5) is 0.996. The van der Waals surface area contributed by atoms with Crippen molar-refractivity contribution >= 4 is 17.5 Å². The molecule has 1 heterocycles. The van der Waals surface area contributed by atoms with Crippen LogP contribution in [0.25, 0.3) is 6.08 Å². The van der Waals surface area contributed by atoms with Gasteiger partial charge in [-0.25, -0.2) is 0 Å². The molecule has 7 heteroatoms. The third-order valence-electron chi connectivity index (χ3n) is 3.74. The Labute approximate surface area is 133 Å². The molecule has 0 fully saturated rings. The molecule has 0 aromatic heterocycles. The fourth-order valence-corrected chi connectivity index (χ4v) is 2.64. The molecule has 3 rings (SSSR count). The molecule has 2 aromatic carbocycles. The van der Waals surface area contributed by atoms with E-state index in [1.807, 2.05) is 0 Å². The fraction of sp³-hybridized carbons (Fsp3) is 0.176. The van der Waals surface area contributed by atoms with Gasteiger partial charge in [-0.1, -0.05) is 30.4 Å². The molecule has 0 bridgehead atoms. The summed E-state index contributed by atoms with van der Waals surface area (Å²) in [6.45, 7) is 0. The summed E-state index contributed by atoms with van der Waals surface area (Å²) in [6, 6.07) is 8.15. The van der Waals surface area contributed by atoms with Crippen LogP contribution in [0.5, 0.6) is 0 Å². The lowest BCUT2D eigenvalue weighted by molar-refractivity contribution is -0.138. The minimum Gasteiger partial charge on any atom is -0.325 e. The van der Waals surface area contributed by atoms with Gasteiger partial charge >= 0.3 is 12.4 Å². The van der Waals surface area contributed by atoms with Crippen LogP contribution in [0.1, 0.15) is 11.1 Å². The number of hydrogen-bond donors (Lipinski definition) is 0. The van der Waals surface area contributed by atoms with Crippen LogP contribution in [-0.4, -0.2) is 12.2 Å². The first-order chi connectivity index (χ1) is 11.2. The fourth-order valence-electron chi connectivity index (χ4n) is 2.64. The zero-order valence-corrected chi connectivity index (χ0v) is 12.1. The number of alkyl halides is 6. The summed E-state index contributed by atoms with van der Waals surface area (Å²) in [5.41, 5.74) is -0.00208. The summed E-state index contributed by atoms with van der Waals surface area (Å²) in [5.74, 6) is 0. The van der Waals surface area contributed by atoms with E-state index in [0.29, 0.717) is 11.3 Å². The van der Waals surface area contributed by atoms with Gasteiger partial charge in [-0.05, 0) is 35.9 Å². The molecule has 24 heavy (non-hydrogen) atoms. The molecule has 2 aromatic rings. The van der Waals surface area contributed by atoms with Crippen LogP contribution in [-0.2, 0) is 6.18 Å². The maximum absolute atomic E-state index is 13.4. The summed E-state index contributed by atoms with van der Waals surface area (Å²) in [5, 5.41) is 0. The van der Waals surface area contributed by atoms with E-state index in [-0.39, 0.29) is 5.69 Å². The van der Waals surface area contributed by atoms with Crippen molar-refractivity contribution in [3.8, 4) is 0 Å². The number of para-hydroxylation sites is 1. The van der Waals surface area contributed by atoms with Gasteiger partial charge in [-0.15, -0.1) is 0 Å². The molecule has 0 saturated carbocycles. The maximum atomic E-state index is 13.4. The summed E-state index contributed by atoms with van der Waals surface area (Å²) >= 11 is 0. The van der Waals surface area contributed by atoms with E-state index in [4.69, 9.17) is 0 Å². The molecule has 1 aliphatic rings. The van der Waals surface area contributed by atoms with Crippen LogP contribution in [0.2, 0.25) is 0 Å². The first kappa shape index (κ1) is 16.4. The predicted octanol–water partition coefficient (Wildman–Crippen LogP) is 5.80. The van der Waals surface area contributed by atoms with E-state index < -0.39 is 24.0 Å². The second kappa shape index (κ2) is 5.58. The van der Waals surface area contributed by atoms with Crippen molar-refractivity contribution in [3.63, 3.8) is 0 Å². The van der Waals surface area contributed by atoms with Crippen molar-refractivity contribution in [2.24, 2.45) is 0 Å². The lowest BCUT2D eigenvalue weighted by Crippen LogP contribution is -2.43. The molecule has 0 radical (unpaired) electrons. The normalized spacial score (nSPS) is 17.8. The number of benzene rings is 2. The van der Waals surface area contributed by atoms with Crippen molar-refractivity contribution in [2.45, 2.75) is 18.4 Å². The molecular formula is C17H11F6N. The van der Waals surface area contributed by atoms with Gasteiger partial charge in [0.15, 0.2) is 0 Å². The summed E-state index contributed by atoms with van der Waals surface area (Å²) < 4.78 is 78.1. The third kappa shape index (κ3) is 2.98. The average molecular weight is 343 g/mol. The minimum absolute atomic E-state index is 0.0436. The van der Waals surface area contributed by atoms with Gasteiger partial charge in [0.25, 0.3) is 0 Å². The van der Waals surface area contributed by atoms with Crippen LogP contribution < -0.4 is 4.90 Å².